The number of esters is 1. The molecule has 0 amide bonds. The highest BCUT2D eigenvalue weighted by atomic mass is 35.5. The Balaban J connectivity index is 0.00000280. The number of ether oxygens (including phenoxy) is 1. The number of phenolic OH excluding ortho intramolecular Hbond substituents is 1. The second kappa shape index (κ2) is 8.46. The molecule has 3 rings (SSSR count). The number of ketones is 1. The van der Waals surface area contributed by atoms with Crippen LogP contribution in [0.4, 0.5) is 0 Å². The van der Waals surface area contributed by atoms with Gasteiger partial charge in [-0.3, -0.25) is 4.79 Å². The van der Waals surface area contributed by atoms with Crippen LogP contribution in [0, 0.1) is 0 Å². The molecule has 6 nitrogen and oxygen atoms in total. The molecular weight excluding hydrogens is 380 g/mol. The van der Waals surface area contributed by atoms with Crippen molar-refractivity contribution >= 4 is 35.1 Å². The molecule has 0 spiro atoms. The molecule has 0 aliphatic carbocycles. The lowest BCUT2D eigenvalue weighted by molar-refractivity contribution is 0.0729. The maximum absolute atomic E-state index is 12.6. The Kier molecular flexibility index (Phi) is 6.48. The lowest BCUT2D eigenvalue weighted by Gasteiger charge is -2.20. The second-order valence-electron chi connectivity index (χ2n) is 7.33. The minimum absolute atomic E-state index is 0. The van der Waals surface area contributed by atoms with Gasteiger partial charge in [-0.25, -0.2) is 4.79 Å². The van der Waals surface area contributed by atoms with Crippen molar-refractivity contribution in [3.05, 3.63) is 59.8 Å². The van der Waals surface area contributed by atoms with Crippen LogP contribution in [-0.4, -0.2) is 33.9 Å². The first-order chi connectivity index (χ1) is 12.7. The van der Waals surface area contributed by atoms with Crippen LogP contribution in [0.5, 0.6) is 11.5 Å². The van der Waals surface area contributed by atoms with Crippen molar-refractivity contribution in [1.29, 1.82) is 0 Å². The lowest BCUT2D eigenvalue weighted by Crippen LogP contribution is -2.39. The lowest BCUT2D eigenvalue weighted by atomic mass is 10.0. The van der Waals surface area contributed by atoms with Gasteiger partial charge >= 0.3 is 5.97 Å². The highest BCUT2D eigenvalue weighted by Crippen LogP contribution is 2.29. The highest BCUT2D eigenvalue weighted by Gasteiger charge is 2.20. The van der Waals surface area contributed by atoms with E-state index in [1.165, 1.54) is 12.1 Å². The number of Topliss-reactive ketones (excluding diaryl/α,β-unsaturated/α-hetero) is 1. The van der Waals surface area contributed by atoms with Crippen molar-refractivity contribution in [2.24, 2.45) is 0 Å². The van der Waals surface area contributed by atoms with E-state index in [4.69, 9.17) is 4.74 Å². The van der Waals surface area contributed by atoms with Crippen LogP contribution < -0.4 is 10.1 Å². The summed E-state index contributed by atoms with van der Waals surface area (Å²) in [6, 6.07) is 13.2. The highest BCUT2D eigenvalue weighted by molar-refractivity contribution is 6.11. The zero-order valence-corrected chi connectivity index (χ0v) is 16.7. The van der Waals surface area contributed by atoms with Crippen LogP contribution in [0.25, 0.3) is 10.9 Å². The third-order valence-electron chi connectivity index (χ3n) is 4.03. The van der Waals surface area contributed by atoms with E-state index in [2.05, 4.69) is 10.3 Å². The molecule has 0 atom stereocenters. The number of H-pyrrole nitrogens is 1. The second-order valence-corrected chi connectivity index (χ2v) is 7.33. The molecule has 7 heteroatoms. The molecule has 0 aliphatic rings. The number of carbonyl (C=O) groups is 2. The molecule has 0 aliphatic heterocycles. The van der Waals surface area contributed by atoms with Crippen LogP contribution in [0.2, 0.25) is 0 Å². The molecule has 3 aromatic rings. The third kappa shape index (κ3) is 4.91. The number of aromatic amines is 1. The van der Waals surface area contributed by atoms with Crippen molar-refractivity contribution in [2.75, 3.05) is 6.54 Å². The maximum Gasteiger partial charge on any atom is 0.360 e. The summed E-state index contributed by atoms with van der Waals surface area (Å²) in [7, 11) is 0. The van der Waals surface area contributed by atoms with Crippen LogP contribution >= 0.6 is 12.4 Å². The van der Waals surface area contributed by atoms with Crippen molar-refractivity contribution < 1.29 is 19.4 Å². The SMILES string of the molecule is CC(C)(C)NCC(=O)c1ccc(O)c2[nH]c(C(=O)Oc3ccccc3)cc12.Cl. The minimum atomic E-state index is -0.594. The van der Waals surface area contributed by atoms with E-state index >= 15 is 0 Å². The van der Waals surface area contributed by atoms with Gasteiger partial charge in [-0.2, -0.15) is 0 Å². The number of halogens is 1. The van der Waals surface area contributed by atoms with Crippen molar-refractivity contribution in [2.45, 2.75) is 26.3 Å². The van der Waals surface area contributed by atoms with Gasteiger partial charge in [0, 0.05) is 16.5 Å². The topological polar surface area (TPSA) is 91.4 Å². The zero-order valence-electron chi connectivity index (χ0n) is 15.9. The molecule has 0 radical (unpaired) electrons. The van der Waals surface area contributed by atoms with Gasteiger partial charge in [0.15, 0.2) is 5.78 Å². The standard InChI is InChI=1S/C21H22N2O4.ClH/c1-21(2,3)22-12-18(25)14-9-10-17(24)19-15(14)11-16(23-19)20(26)27-13-7-5-4-6-8-13;/h4-11,22-24H,12H2,1-3H3;1H. The summed E-state index contributed by atoms with van der Waals surface area (Å²) < 4.78 is 5.31. The smallest absolute Gasteiger partial charge is 0.360 e. The van der Waals surface area contributed by atoms with Gasteiger partial charge in [-0.15, -0.1) is 12.4 Å². The summed E-state index contributed by atoms with van der Waals surface area (Å²) in [5.41, 5.74) is 0.716. The van der Waals surface area contributed by atoms with E-state index in [0.717, 1.165) is 0 Å². The summed E-state index contributed by atoms with van der Waals surface area (Å²) in [5.74, 6) is -0.347. The van der Waals surface area contributed by atoms with E-state index in [1.54, 1.807) is 30.3 Å². The van der Waals surface area contributed by atoms with Gasteiger partial charge in [0.25, 0.3) is 0 Å². The fraction of sp³-hybridized carbons (Fsp3) is 0.238. The van der Waals surface area contributed by atoms with E-state index < -0.39 is 5.97 Å². The monoisotopic (exact) mass is 402 g/mol. The number of carbonyl (C=O) groups excluding carboxylic acids is 2. The number of hydrogen-bond acceptors (Lipinski definition) is 5. The first-order valence-corrected chi connectivity index (χ1v) is 8.65. The van der Waals surface area contributed by atoms with Crippen molar-refractivity contribution in [3.8, 4) is 11.5 Å². The number of benzene rings is 2. The van der Waals surface area contributed by atoms with Crippen LogP contribution in [0.1, 0.15) is 41.6 Å². The molecule has 0 saturated heterocycles. The maximum atomic E-state index is 12.6. The molecule has 0 unspecified atom stereocenters. The molecule has 0 bridgehead atoms. The molecule has 0 fully saturated rings. The molecule has 2 aromatic carbocycles. The first kappa shape index (κ1) is 21.5. The number of aromatic nitrogens is 1. The number of fused-ring (bicyclic) bond motifs is 1. The average molecular weight is 403 g/mol. The Labute approximate surface area is 169 Å². The van der Waals surface area contributed by atoms with Gasteiger partial charge in [-0.05, 0) is 51.1 Å². The van der Waals surface area contributed by atoms with E-state index in [0.29, 0.717) is 22.2 Å². The van der Waals surface area contributed by atoms with Crippen LogP contribution in [0.15, 0.2) is 48.5 Å². The molecule has 28 heavy (non-hydrogen) atoms. The van der Waals surface area contributed by atoms with Gasteiger partial charge in [0.1, 0.15) is 17.2 Å². The Morgan fingerprint density at radius 3 is 2.43 bits per heavy atom. The molecule has 3 N–H and O–H groups in total. The summed E-state index contributed by atoms with van der Waals surface area (Å²) in [6.07, 6.45) is 0. The summed E-state index contributed by atoms with van der Waals surface area (Å²) in [4.78, 5) is 27.9. The number of rotatable bonds is 5. The predicted molar refractivity (Wildman–Crippen MR) is 111 cm³/mol. The van der Waals surface area contributed by atoms with Gasteiger partial charge in [0.05, 0.1) is 12.1 Å². The summed E-state index contributed by atoms with van der Waals surface area (Å²) in [5, 5.41) is 13.7. The molecule has 1 aromatic heterocycles. The molecule has 1 heterocycles. The molecule has 148 valence electrons. The van der Waals surface area contributed by atoms with Gasteiger partial charge in [0.2, 0.25) is 0 Å². The zero-order chi connectivity index (χ0) is 19.6. The van der Waals surface area contributed by atoms with Crippen LogP contribution in [-0.2, 0) is 0 Å². The Bertz CT molecular complexity index is 991. The predicted octanol–water partition coefficient (Wildman–Crippen LogP) is 4.09. The normalized spacial score (nSPS) is 11.1. The van der Waals surface area contributed by atoms with Gasteiger partial charge < -0.3 is 20.1 Å². The molecular formula is C21H23ClN2O4. The molecule has 0 saturated carbocycles. The van der Waals surface area contributed by atoms with E-state index in [1.807, 2.05) is 26.8 Å². The largest absolute Gasteiger partial charge is 0.506 e. The average Bonchev–Trinajstić information content (AvgIpc) is 3.07. The number of hydrogen-bond donors (Lipinski definition) is 3. The number of para-hydroxylation sites is 1. The summed E-state index contributed by atoms with van der Waals surface area (Å²) in [6.45, 7) is 6.07. The number of nitrogens with one attached hydrogen (secondary N) is 2. The fourth-order valence-electron chi connectivity index (χ4n) is 2.65. The third-order valence-corrected chi connectivity index (χ3v) is 4.03. The van der Waals surface area contributed by atoms with Crippen LogP contribution in [0.3, 0.4) is 0 Å². The van der Waals surface area contributed by atoms with E-state index in [-0.39, 0.29) is 41.7 Å². The Morgan fingerprint density at radius 2 is 1.79 bits per heavy atom. The van der Waals surface area contributed by atoms with Crippen molar-refractivity contribution in [3.63, 3.8) is 0 Å². The number of phenols is 1. The Hall–Kier alpha value is -2.83. The Morgan fingerprint density at radius 1 is 1.11 bits per heavy atom. The fourth-order valence-corrected chi connectivity index (χ4v) is 2.65. The first-order valence-electron chi connectivity index (χ1n) is 8.65. The number of aromatic hydroxyl groups is 1. The summed E-state index contributed by atoms with van der Waals surface area (Å²) >= 11 is 0. The van der Waals surface area contributed by atoms with E-state index in [9.17, 15) is 14.7 Å². The van der Waals surface area contributed by atoms with Crippen molar-refractivity contribution in [1.82, 2.24) is 10.3 Å². The minimum Gasteiger partial charge on any atom is -0.506 e. The van der Waals surface area contributed by atoms with Gasteiger partial charge in [-0.1, -0.05) is 18.2 Å². The quantitative estimate of drug-likeness (QED) is 0.339.